The Bertz CT molecular complexity index is 1150. The zero-order valence-electron chi connectivity index (χ0n) is 15.2. The number of benzene rings is 1. The number of hydrogen-bond donors (Lipinski definition) is 2. The summed E-state index contributed by atoms with van der Waals surface area (Å²) in [6, 6.07) is 5.08. The smallest absolute Gasteiger partial charge is 0.346 e. The topological polar surface area (TPSA) is 115 Å². The molecule has 0 spiro atoms. The molecule has 7 nitrogen and oxygen atoms in total. The van der Waals surface area contributed by atoms with Crippen molar-refractivity contribution in [2.24, 2.45) is 5.73 Å². The molecular formula is C19H18FN3O4S. The number of thiophene rings is 1. The number of rotatable bonds is 6. The Kier molecular flexibility index (Phi) is 5.28. The number of aryl methyl sites for hydroxylation is 1. The van der Waals surface area contributed by atoms with E-state index in [2.05, 4.69) is 4.98 Å². The number of aromatic nitrogens is 2. The molecule has 3 N–H and O–H groups in total. The van der Waals surface area contributed by atoms with Crippen LogP contribution < -0.4 is 11.3 Å². The van der Waals surface area contributed by atoms with E-state index >= 15 is 0 Å². The highest BCUT2D eigenvalue weighted by atomic mass is 32.1. The van der Waals surface area contributed by atoms with Gasteiger partial charge >= 0.3 is 5.97 Å². The number of nitrogens with two attached hydrogens (primary N) is 1. The van der Waals surface area contributed by atoms with E-state index < -0.39 is 29.3 Å². The molecule has 9 heteroatoms. The maximum Gasteiger partial charge on any atom is 0.346 e. The van der Waals surface area contributed by atoms with Crippen molar-refractivity contribution in [3.8, 4) is 0 Å². The number of hydrogen-bond acceptors (Lipinski definition) is 5. The lowest BCUT2D eigenvalue weighted by atomic mass is 10.1. The van der Waals surface area contributed by atoms with Gasteiger partial charge in [0.1, 0.15) is 27.4 Å². The summed E-state index contributed by atoms with van der Waals surface area (Å²) in [6.45, 7) is 3.22. The van der Waals surface area contributed by atoms with Crippen molar-refractivity contribution in [3.05, 3.63) is 62.3 Å². The van der Waals surface area contributed by atoms with Gasteiger partial charge in [-0.05, 0) is 30.5 Å². The Morgan fingerprint density at radius 2 is 2.04 bits per heavy atom. The lowest BCUT2D eigenvalue weighted by Gasteiger charge is -2.19. The average molecular weight is 403 g/mol. The zero-order chi connectivity index (χ0) is 20.6. The number of nitrogens with zero attached hydrogens (tertiary/aromatic N) is 2. The number of carboxylic acids is 1. The first kappa shape index (κ1) is 19.7. The Morgan fingerprint density at radius 1 is 1.36 bits per heavy atom. The maximum atomic E-state index is 14.2. The number of carbonyl (C=O) groups is 2. The summed E-state index contributed by atoms with van der Waals surface area (Å²) in [6.07, 6.45) is 0.197. The molecule has 0 bridgehead atoms. The van der Waals surface area contributed by atoms with Gasteiger partial charge < -0.3 is 10.8 Å². The van der Waals surface area contributed by atoms with Crippen LogP contribution in [0.4, 0.5) is 4.39 Å². The van der Waals surface area contributed by atoms with Gasteiger partial charge in [-0.15, -0.1) is 11.3 Å². The molecule has 3 rings (SSSR count). The minimum atomic E-state index is -1.16. The highest BCUT2D eigenvalue weighted by Gasteiger charge is 2.26. The molecule has 2 heterocycles. The van der Waals surface area contributed by atoms with Crippen LogP contribution in [-0.2, 0) is 11.2 Å². The van der Waals surface area contributed by atoms with Gasteiger partial charge in [0.15, 0.2) is 0 Å². The second-order valence-corrected chi connectivity index (χ2v) is 7.34. The van der Waals surface area contributed by atoms with E-state index in [4.69, 9.17) is 5.73 Å². The van der Waals surface area contributed by atoms with Crippen molar-refractivity contribution in [3.63, 3.8) is 0 Å². The molecule has 1 atom stereocenters. The van der Waals surface area contributed by atoms with Gasteiger partial charge in [0.25, 0.3) is 5.56 Å². The van der Waals surface area contributed by atoms with E-state index in [1.807, 2.05) is 0 Å². The quantitative estimate of drug-likeness (QED) is 0.656. The molecule has 0 saturated carbocycles. The summed E-state index contributed by atoms with van der Waals surface area (Å²) in [7, 11) is 0. The molecule has 0 aliphatic rings. The fourth-order valence-electron chi connectivity index (χ4n) is 3.21. The summed E-state index contributed by atoms with van der Waals surface area (Å²) in [5.74, 6) is -2.19. The van der Waals surface area contributed by atoms with Crippen LogP contribution in [-0.4, -0.2) is 26.5 Å². The van der Waals surface area contributed by atoms with E-state index in [9.17, 15) is 23.9 Å². The van der Waals surface area contributed by atoms with Crippen molar-refractivity contribution in [1.29, 1.82) is 0 Å². The minimum absolute atomic E-state index is 0.00122. The van der Waals surface area contributed by atoms with Gasteiger partial charge in [-0.2, -0.15) is 0 Å². The number of fused-ring (bicyclic) bond motifs is 1. The Morgan fingerprint density at radius 3 is 2.61 bits per heavy atom. The third-order valence-electron chi connectivity index (χ3n) is 4.60. The normalized spacial score (nSPS) is 12.2. The van der Waals surface area contributed by atoms with Gasteiger partial charge in [0, 0.05) is 6.42 Å². The van der Waals surface area contributed by atoms with E-state index in [0.29, 0.717) is 5.56 Å². The molecule has 28 heavy (non-hydrogen) atoms. The third-order valence-corrected chi connectivity index (χ3v) is 5.77. The highest BCUT2D eigenvalue weighted by molar-refractivity contribution is 7.20. The summed E-state index contributed by atoms with van der Waals surface area (Å²) < 4.78 is 15.3. The van der Waals surface area contributed by atoms with Gasteiger partial charge in [0.05, 0.1) is 5.39 Å². The predicted octanol–water partition coefficient (Wildman–Crippen LogP) is 2.63. The molecule has 0 radical (unpaired) electrons. The number of primary amides is 1. The molecule has 1 amide bonds. The average Bonchev–Trinajstić information content (AvgIpc) is 2.96. The fourth-order valence-corrected chi connectivity index (χ4v) is 4.24. The molecule has 0 fully saturated rings. The Labute approximate surface area is 163 Å². The Hall–Kier alpha value is -3.07. The van der Waals surface area contributed by atoms with Crippen LogP contribution in [0, 0.1) is 12.7 Å². The van der Waals surface area contributed by atoms with Crippen LogP contribution in [0.15, 0.2) is 29.1 Å². The number of carbonyl (C=O) groups excluding carboxylic acids is 1. The van der Waals surface area contributed by atoms with Crippen molar-refractivity contribution in [1.82, 2.24) is 9.55 Å². The first-order valence-electron chi connectivity index (χ1n) is 8.56. The maximum absolute atomic E-state index is 14.2. The fraction of sp³-hybridized carbons (Fsp3) is 0.263. The van der Waals surface area contributed by atoms with Gasteiger partial charge in [-0.3, -0.25) is 14.2 Å². The molecule has 2 aromatic heterocycles. The van der Waals surface area contributed by atoms with Crippen LogP contribution in [0.3, 0.4) is 0 Å². The van der Waals surface area contributed by atoms with Crippen molar-refractivity contribution in [2.45, 2.75) is 32.7 Å². The SMILES string of the molecule is CCC(C(N)=O)n1c(Cc2ccccc2F)nc2sc(C(=O)O)c(C)c2c1=O. The first-order chi connectivity index (χ1) is 13.3. The van der Waals surface area contributed by atoms with Crippen LogP contribution in [0.5, 0.6) is 0 Å². The second kappa shape index (κ2) is 7.51. The van der Waals surface area contributed by atoms with Crippen LogP contribution >= 0.6 is 11.3 Å². The molecular weight excluding hydrogens is 385 g/mol. The van der Waals surface area contributed by atoms with Crippen LogP contribution in [0.25, 0.3) is 10.2 Å². The molecule has 146 valence electrons. The van der Waals surface area contributed by atoms with Crippen molar-refractivity contribution < 1.29 is 19.1 Å². The van der Waals surface area contributed by atoms with E-state index in [-0.39, 0.29) is 39.3 Å². The zero-order valence-corrected chi connectivity index (χ0v) is 16.0. The summed E-state index contributed by atoms with van der Waals surface area (Å²) in [5, 5.41) is 9.50. The predicted molar refractivity (Wildman–Crippen MR) is 103 cm³/mol. The first-order valence-corrected chi connectivity index (χ1v) is 9.38. The van der Waals surface area contributed by atoms with Crippen molar-refractivity contribution >= 4 is 33.4 Å². The van der Waals surface area contributed by atoms with E-state index in [1.165, 1.54) is 17.6 Å². The highest BCUT2D eigenvalue weighted by Crippen LogP contribution is 2.29. The Balaban J connectivity index is 2.34. The minimum Gasteiger partial charge on any atom is -0.477 e. The van der Waals surface area contributed by atoms with Gasteiger partial charge in [-0.1, -0.05) is 25.1 Å². The second-order valence-electron chi connectivity index (χ2n) is 6.34. The number of aromatic carboxylic acids is 1. The van der Waals surface area contributed by atoms with Gasteiger partial charge in [0.2, 0.25) is 5.91 Å². The molecule has 1 unspecified atom stereocenters. The molecule has 0 aliphatic heterocycles. The summed E-state index contributed by atoms with van der Waals surface area (Å²) >= 11 is 0.878. The molecule has 1 aromatic carbocycles. The number of halogens is 1. The van der Waals surface area contributed by atoms with Crippen LogP contribution in [0.2, 0.25) is 0 Å². The number of carboxylic acid groups (broad SMARTS) is 1. The largest absolute Gasteiger partial charge is 0.477 e. The molecule has 0 aliphatic carbocycles. The third kappa shape index (κ3) is 3.29. The lowest BCUT2D eigenvalue weighted by molar-refractivity contribution is -0.121. The number of amides is 1. The van der Waals surface area contributed by atoms with E-state index in [1.54, 1.807) is 25.1 Å². The molecule has 3 aromatic rings. The monoisotopic (exact) mass is 403 g/mol. The van der Waals surface area contributed by atoms with Crippen molar-refractivity contribution in [2.75, 3.05) is 0 Å². The van der Waals surface area contributed by atoms with Gasteiger partial charge in [-0.25, -0.2) is 14.2 Å². The lowest BCUT2D eigenvalue weighted by Crippen LogP contribution is -2.36. The summed E-state index contributed by atoms with van der Waals surface area (Å²) in [5.41, 5.74) is 5.52. The molecule has 0 saturated heterocycles. The van der Waals surface area contributed by atoms with E-state index in [0.717, 1.165) is 11.3 Å². The standard InChI is InChI=1S/C19H18FN3O4S/c1-3-12(16(21)24)23-13(8-10-6-4-5-7-11(10)20)22-17-14(18(23)25)9(2)15(28-17)19(26)27/h4-7,12H,3,8H2,1-2H3,(H2,21,24)(H,26,27). The summed E-state index contributed by atoms with van der Waals surface area (Å²) in [4.78, 5) is 41.3. The van der Waals surface area contributed by atoms with Crippen LogP contribution in [0.1, 0.15) is 46.0 Å².